The summed E-state index contributed by atoms with van der Waals surface area (Å²) in [6.45, 7) is 0. The highest BCUT2D eigenvalue weighted by molar-refractivity contribution is 6.16. The molecule has 0 saturated carbocycles. The van der Waals surface area contributed by atoms with Crippen LogP contribution in [0.3, 0.4) is 0 Å². The minimum atomic E-state index is 1.15. The predicted octanol–water partition coefficient (Wildman–Crippen LogP) is 4.64. The van der Waals surface area contributed by atoms with Gasteiger partial charge in [0.25, 0.3) is 0 Å². The number of nitrogens with zero attached hydrogens (tertiary/aromatic N) is 1. The Hall–Kier alpha value is -2.28. The molecule has 0 aliphatic heterocycles. The van der Waals surface area contributed by atoms with Crippen molar-refractivity contribution in [2.45, 2.75) is 12.8 Å². The van der Waals surface area contributed by atoms with Crippen LogP contribution in [0.4, 0.5) is 0 Å². The van der Waals surface area contributed by atoms with Gasteiger partial charge in [0, 0.05) is 27.4 Å². The van der Waals surface area contributed by atoms with Crippen LogP contribution in [-0.4, -0.2) is 4.40 Å². The molecule has 1 aliphatic rings. The molecule has 0 amide bonds. The van der Waals surface area contributed by atoms with Gasteiger partial charge in [-0.1, -0.05) is 48.6 Å². The summed E-state index contributed by atoms with van der Waals surface area (Å²) >= 11 is 0. The minimum absolute atomic E-state index is 1.15. The molecule has 0 unspecified atom stereocenters. The summed E-state index contributed by atoms with van der Waals surface area (Å²) in [5, 5.41) is 4.16. The van der Waals surface area contributed by atoms with Crippen LogP contribution in [0.2, 0.25) is 0 Å². The van der Waals surface area contributed by atoms with Gasteiger partial charge >= 0.3 is 0 Å². The molecule has 0 spiro atoms. The highest BCUT2D eigenvalue weighted by Crippen LogP contribution is 2.39. The van der Waals surface area contributed by atoms with Crippen molar-refractivity contribution < 1.29 is 0 Å². The maximum absolute atomic E-state index is 2.48. The summed E-state index contributed by atoms with van der Waals surface area (Å²) < 4.78 is 2.48. The van der Waals surface area contributed by atoms with E-state index in [1.54, 1.807) is 0 Å². The molecule has 0 N–H and O–H groups in total. The van der Waals surface area contributed by atoms with E-state index in [4.69, 9.17) is 0 Å². The number of hydrogen-bond donors (Lipinski definition) is 0. The summed E-state index contributed by atoms with van der Waals surface area (Å²) in [6.07, 6.45) is 6.90. The maximum Gasteiger partial charge on any atom is 0.0617 e. The molecule has 2 aromatic carbocycles. The molecule has 2 heterocycles. The van der Waals surface area contributed by atoms with Gasteiger partial charge in [-0.05, 0) is 18.9 Å². The molecule has 1 heteroatoms. The van der Waals surface area contributed by atoms with Gasteiger partial charge in [-0.15, -0.1) is 0 Å². The summed E-state index contributed by atoms with van der Waals surface area (Å²) in [7, 11) is 0. The highest BCUT2D eigenvalue weighted by Gasteiger charge is 2.20. The molecular weight excluding hydrogens is 230 g/mol. The summed E-state index contributed by atoms with van der Waals surface area (Å²) in [5.41, 5.74) is 5.66. The Bertz CT molecular complexity index is 956. The fraction of sp³-hybridized carbons (Fsp3) is 0.111. The number of para-hydroxylation sites is 2. The molecule has 0 bridgehead atoms. The molecule has 0 atom stereocenters. The fourth-order valence-corrected chi connectivity index (χ4v) is 3.65. The fourth-order valence-electron chi connectivity index (χ4n) is 3.65. The van der Waals surface area contributed by atoms with Gasteiger partial charge in [0.1, 0.15) is 0 Å². The Morgan fingerprint density at radius 3 is 2.68 bits per heavy atom. The van der Waals surface area contributed by atoms with Gasteiger partial charge in [-0.2, -0.15) is 0 Å². The number of rotatable bonds is 0. The molecule has 4 aromatic rings. The second-order valence-electron chi connectivity index (χ2n) is 5.36. The quantitative estimate of drug-likeness (QED) is 0.423. The largest absolute Gasteiger partial charge is 0.312 e. The smallest absolute Gasteiger partial charge is 0.0617 e. The minimum Gasteiger partial charge on any atom is -0.312 e. The van der Waals surface area contributed by atoms with Crippen molar-refractivity contribution >= 4 is 33.3 Å². The maximum atomic E-state index is 2.48. The van der Waals surface area contributed by atoms with E-state index in [-0.39, 0.29) is 0 Å². The summed E-state index contributed by atoms with van der Waals surface area (Å²) in [6, 6.07) is 15.5. The third kappa shape index (κ3) is 1.03. The molecule has 1 nitrogen and oxygen atoms in total. The zero-order valence-corrected chi connectivity index (χ0v) is 10.6. The van der Waals surface area contributed by atoms with Crippen LogP contribution in [0.1, 0.15) is 17.7 Å². The number of hydrogen-bond acceptors (Lipinski definition) is 0. The Morgan fingerprint density at radius 2 is 1.68 bits per heavy atom. The number of fused-ring (bicyclic) bond motifs is 6. The highest BCUT2D eigenvalue weighted by atomic mass is 14.9. The Balaban J connectivity index is 2.20. The Labute approximate surface area is 111 Å². The van der Waals surface area contributed by atoms with Gasteiger partial charge < -0.3 is 4.40 Å². The van der Waals surface area contributed by atoms with Crippen LogP contribution >= 0.6 is 0 Å². The van der Waals surface area contributed by atoms with Crippen molar-refractivity contribution in [3.63, 3.8) is 0 Å². The van der Waals surface area contributed by atoms with E-state index in [1.165, 1.54) is 38.4 Å². The number of aromatic nitrogens is 1. The molecule has 90 valence electrons. The number of benzene rings is 2. The van der Waals surface area contributed by atoms with E-state index in [2.05, 4.69) is 59.0 Å². The van der Waals surface area contributed by atoms with Gasteiger partial charge in [-0.25, -0.2) is 0 Å². The molecule has 0 saturated heterocycles. The SMILES string of the molecule is C1=Cc2c(n3c4ccccc4c4cccc2c43)CC1. The molecule has 0 fully saturated rings. The zero-order chi connectivity index (χ0) is 12.4. The first-order valence-electron chi connectivity index (χ1n) is 6.88. The monoisotopic (exact) mass is 243 g/mol. The van der Waals surface area contributed by atoms with E-state index < -0.39 is 0 Å². The van der Waals surface area contributed by atoms with E-state index in [9.17, 15) is 0 Å². The van der Waals surface area contributed by atoms with E-state index in [0.29, 0.717) is 0 Å². The van der Waals surface area contributed by atoms with Gasteiger partial charge in [-0.3, -0.25) is 0 Å². The first-order valence-corrected chi connectivity index (χ1v) is 6.88. The normalized spacial score (nSPS) is 14.7. The van der Waals surface area contributed by atoms with Gasteiger partial charge in [0.05, 0.1) is 11.0 Å². The van der Waals surface area contributed by atoms with Crippen LogP contribution in [0.5, 0.6) is 0 Å². The molecule has 1 aliphatic carbocycles. The lowest BCUT2D eigenvalue weighted by molar-refractivity contribution is 0.926. The van der Waals surface area contributed by atoms with E-state index in [1.807, 2.05) is 0 Å². The Morgan fingerprint density at radius 1 is 0.842 bits per heavy atom. The molecule has 0 radical (unpaired) electrons. The standard InChI is InChI=1S/C18H13N/c1-3-10-16-12(6-1)14-8-5-9-15-13-7-2-4-11-17(13)19(16)18(14)15/h1-3,5-10H,4,11H2. The summed E-state index contributed by atoms with van der Waals surface area (Å²) in [4.78, 5) is 0. The third-order valence-corrected chi connectivity index (χ3v) is 4.40. The average molecular weight is 243 g/mol. The van der Waals surface area contributed by atoms with E-state index in [0.717, 1.165) is 12.8 Å². The third-order valence-electron chi connectivity index (χ3n) is 4.40. The molecule has 5 rings (SSSR count). The molecule has 19 heavy (non-hydrogen) atoms. The lowest BCUT2D eigenvalue weighted by atomic mass is 10.0. The first-order chi connectivity index (χ1) is 9.45. The van der Waals surface area contributed by atoms with Gasteiger partial charge in [0.2, 0.25) is 0 Å². The van der Waals surface area contributed by atoms with Crippen LogP contribution in [0.25, 0.3) is 33.3 Å². The molecular formula is C18H13N. The van der Waals surface area contributed by atoms with Crippen LogP contribution in [0.15, 0.2) is 48.5 Å². The van der Waals surface area contributed by atoms with Crippen molar-refractivity contribution in [1.82, 2.24) is 4.40 Å². The first kappa shape index (κ1) is 9.62. The number of aryl methyl sites for hydroxylation is 1. The van der Waals surface area contributed by atoms with Crippen molar-refractivity contribution in [3.8, 4) is 0 Å². The second kappa shape index (κ2) is 3.18. The van der Waals surface area contributed by atoms with Crippen molar-refractivity contribution in [2.24, 2.45) is 0 Å². The van der Waals surface area contributed by atoms with Crippen LogP contribution in [0, 0.1) is 0 Å². The lowest BCUT2D eigenvalue weighted by Crippen LogP contribution is -1.96. The van der Waals surface area contributed by atoms with Gasteiger partial charge in [0.15, 0.2) is 0 Å². The number of allylic oxidation sites excluding steroid dienone is 1. The average Bonchev–Trinajstić information content (AvgIpc) is 2.99. The van der Waals surface area contributed by atoms with Crippen molar-refractivity contribution in [3.05, 3.63) is 59.8 Å². The molecule has 2 aromatic heterocycles. The van der Waals surface area contributed by atoms with Crippen LogP contribution < -0.4 is 0 Å². The zero-order valence-electron chi connectivity index (χ0n) is 10.6. The van der Waals surface area contributed by atoms with Crippen molar-refractivity contribution in [2.75, 3.05) is 0 Å². The Kier molecular flexibility index (Phi) is 1.61. The van der Waals surface area contributed by atoms with E-state index >= 15 is 0 Å². The van der Waals surface area contributed by atoms with Crippen LogP contribution in [-0.2, 0) is 6.42 Å². The summed E-state index contributed by atoms with van der Waals surface area (Å²) in [5.74, 6) is 0. The predicted molar refractivity (Wildman–Crippen MR) is 81.0 cm³/mol. The second-order valence-corrected chi connectivity index (χ2v) is 5.36. The lowest BCUT2D eigenvalue weighted by Gasteiger charge is -2.07. The van der Waals surface area contributed by atoms with Crippen molar-refractivity contribution in [1.29, 1.82) is 0 Å². The topological polar surface area (TPSA) is 4.41 Å².